The first kappa shape index (κ1) is 18.1. The Kier molecular flexibility index (Phi) is 6.94. The molecule has 0 spiro atoms. The van der Waals surface area contributed by atoms with Gasteiger partial charge in [0.25, 0.3) is 5.91 Å². The molecule has 1 unspecified atom stereocenters. The van der Waals surface area contributed by atoms with Gasteiger partial charge < -0.3 is 15.0 Å². The van der Waals surface area contributed by atoms with Gasteiger partial charge in [0.15, 0.2) is 6.10 Å². The van der Waals surface area contributed by atoms with Crippen LogP contribution < -0.4 is 15.0 Å². The number of ether oxygens (including phenoxy) is 1. The largest absolute Gasteiger partial charge is 0.481 e. The number of halogens is 1. The summed E-state index contributed by atoms with van der Waals surface area (Å²) >= 11 is 5.85. The molecule has 0 radical (unpaired) electrons. The monoisotopic (exact) mass is 346 g/mol. The topological polar surface area (TPSA) is 41.6 Å². The number of rotatable bonds is 8. The zero-order valence-corrected chi connectivity index (χ0v) is 14.8. The Balaban J connectivity index is 1.80. The smallest absolute Gasteiger partial charge is 0.261 e. The number of benzene rings is 2. The van der Waals surface area contributed by atoms with Gasteiger partial charge in [0.2, 0.25) is 0 Å². The highest BCUT2D eigenvalue weighted by atomic mass is 35.5. The van der Waals surface area contributed by atoms with Crippen molar-refractivity contribution in [2.45, 2.75) is 19.4 Å². The number of carbonyl (C=O) groups excluding carboxylic acids is 1. The zero-order chi connectivity index (χ0) is 17.4. The summed E-state index contributed by atoms with van der Waals surface area (Å²) in [5.74, 6) is 0.539. The molecule has 2 aromatic carbocycles. The summed E-state index contributed by atoms with van der Waals surface area (Å²) in [5.41, 5.74) is 1.12. The van der Waals surface area contributed by atoms with Crippen molar-refractivity contribution in [1.29, 1.82) is 0 Å². The number of carbonyl (C=O) groups is 1. The highest BCUT2D eigenvalue weighted by molar-refractivity contribution is 6.30. The van der Waals surface area contributed by atoms with E-state index in [1.54, 1.807) is 24.3 Å². The molecule has 0 saturated carbocycles. The van der Waals surface area contributed by atoms with Gasteiger partial charge >= 0.3 is 0 Å². The third-order valence-electron chi connectivity index (χ3n) is 3.70. The Bertz CT molecular complexity index is 632. The van der Waals surface area contributed by atoms with Crippen molar-refractivity contribution < 1.29 is 9.53 Å². The van der Waals surface area contributed by atoms with Gasteiger partial charge in [-0.15, -0.1) is 0 Å². The summed E-state index contributed by atoms with van der Waals surface area (Å²) in [6, 6.07) is 17.1. The third kappa shape index (κ3) is 5.46. The Morgan fingerprint density at radius 3 is 2.46 bits per heavy atom. The van der Waals surface area contributed by atoms with E-state index >= 15 is 0 Å². The highest BCUT2D eigenvalue weighted by Gasteiger charge is 2.18. The molecule has 0 heterocycles. The Labute approximate surface area is 148 Å². The van der Waals surface area contributed by atoms with E-state index in [9.17, 15) is 4.79 Å². The standard InChI is InChI=1S/C19H23ClN2O2/c1-3-18(24-17-11-9-15(20)10-12-17)19(23)21-13-14-22(2)16-7-5-4-6-8-16/h4-12,18H,3,13-14H2,1-2H3,(H,21,23). The molecule has 0 aliphatic heterocycles. The van der Waals surface area contributed by atoms with Crippen LogP contribution in [0.2, 0.25) is 5.02 Å². The minimum absolute atomic E-state index is 0.103. The fraction of sp³-hybridized carbons (Fsp3) is 0.316. The first-order valence-electron chi connectivity index (χ1n) is 8.06. The summed E-state index contributed by atoms with van der Waals surface area (Å²) in [5, 5.41) is 3.58. The van der Waals surface area contributed by atoms with E-state index in [0.717, 1.165) is 12.2 Å². The minimum Gasteiger partial charge on any atom is -0.481 e. The van der Waals surface area contributed by atoms with Crippen LogP contribution in [0.15, 0.2) is 54.6 Å². The second-order valence-electron chi connectivity index (χ2n) is 5.52. The quantitative estimate of drug-likeness (QED) is 0.791. The van der Waals surface area contributed by atoms with E-state index in [1.807, 2.05) is 44.3 Å². The SMILES string of the molecule is CCC(Oc1ccc(Cl)cc1)C(=O)NCCN(C)c1ccccc1. The molecule has 0 aromatic heterocycles. The van der Waals surface area contributed by atoms with Crippen LogP contribution in [0.1, 0.15) is 13.3 Å². The average molecular weight is 347 g/mol. The minimum atomic E-state index is -0.506. The predicted molar refractivity (Wildman–Crippen MR) is 98.9 cm³/mol. The maximum Gasteiger partial charge on any atom is 0.261 e. The van der Waals surface area contributed by atoms with E-state index < -0.39 is 6.10 Å². The van der Waals surface area contributed by atoms with Crippen LogP contribution in [0, 0.1) is 0 Å². The summed E-state index contributed by atoms with van der Waals surface area (Å²) in [6.07, 6.45) is 0.0939. The van der Waals surface area contributed by atoms with Gasteiger partial charge in [-0.05, 0) is 42.8 Å². The third-order valence-corrected chi connectivity index (χ3v) is 3.95. The Hall–Kier alpha value is -2.20. The van der Waals surface area contributed by atoms with Gasteiger partial charge in [0.05, 0.1) is 0 Å². The lowest BCUT2D eigenvalue weighted by atomic mass is 10.2. The molecule has 2 rings (SSSR count). The van der Waals surface area contributed by atoms with E-state index in [2.05, 4.69) is 10.2 Å². The maximum atomic E-state index is 12.3. The maximum absolute atomic E-state index is 12.3. The van der Waals surface area contributed by atoms with Crippen LogP contribution in [-0.2, 0) is 4.79 Å². The predicted octanol–water partition coefficient (Wildman–Crippen LogP) is 3.75. The number of para-hydroxylation sites is 1. The van der Waals surface area contributed by atoms with Crippen molar-refractivity contribution in [3.63, 3.8) is 0 Å². The molecule has 4 nitrogen and oxygen atoms in total. The summed E-state index contributed by atoms with van der Waals surface area (Å²) in [6.45, 7) is 3.22. The zero-order valence-electron chi connectivity index (χ0n) is 14.0. The van der Waals surface area contributed by atoms with Crippen LogP contribution in [0.5, 0.6) is 5.75 Å². The molecule has 1 atom stereocenters. The highest BCUT2D eigenvalue weighted by Crippen LogP contribution is 2.17. The number of amides is 1. The molecule has 0 aliphatic rings. The van der Waals surface area contributed by atoms with Gasteiger partial charge in [-0.25, -0.2) is 0 Å². The van der Waals surface area contributed by atoms with Crippen LogP contribution in [0.25, 0.3) is 0 Å². The Morgan fingerprint density at radius 1 is 1.17 bits per heavy atom. The van der Waals surface area contributed by atoms with Gasteiger partial charge in [0, 0.05) is 30.8 Å². The first-order chi connectivity index (χ1) is 11.6. The molecule has 1 N–H and O–H groups in total. The number of likely N-dealkylation sites (N-methyl/N-ethyl adjacent to an activating group) is 1. The van der Waals surface area contributed by atoms with Gasteiger partial charge in [-0.2, -0.15) is 0 Å². The second-order valence-corrected chi connectivity index (χ2v) is 5.95. The van der Waals surface area contributed by atoms with Crippen molar-refractivity contribution in [2.75, 3.05) is 25.0 Å². The molecule has 0 bridgehead atoms. The first-order valence-corrected chi connectivity index (χ1v) is 8.44. The van der Waals surface area contributed by atoms with E-state index in [4.69, 9.17) is 16.3 Å². The summed E-state index contributed by atoms with van der Waals surface area (Å²) in [7, 11) is 2.00. The molecule has 0 aliphatic carbocycles. The molecular formula is C19H23ClN2O2. The lowest BCUT2D eigenvalue weighted by molar-refractivity contribution is -0.128. The lowest BCUT2D eigenvalue weighted by Crippen LogP contribution is -2.41. The second kappa shape index (κ2) is 9.18. The number of nitrogens with zero attached hydrogens (tertiary/aromatic N) is 1. The number of hydrogen-bond acceptors (Lipinski definition) is 3. The molecular weight excluding hydrogens is 324 g/mol. The van der Waals surface area contributed by atoms with Crippen LogP contribution in [-0.4, -0.2) is 32.1 Å². The van der Waals surface area contributed by atoms with Gasteiger partial charge in [0.1, 0.15) is 5.75 Å². The van der Waals surface area contributed by atoms with Crippen molar-refractivity contribution >= 4 is 23.2 Å². The van der Waals surface area contributed by atoms with Crippen molar-refractivity contribution in [3.05, 3.63) is 59.6 Å². The van der Waals surface area contributed by atoms with Crippen molar-refractivity contribution in [2.24, 2.45) is 0 Å². The molecule has 24 heavy (non-hydrogen) atoms. The molecule has 0 saturated heterocycles. The summed E-state index contributed by atoms with van der Waals surface area (Å²) in [4.78, 5) is 14.4. The molecule has 0 fully saturated rings. The lowest BCUT2D eigenvalue weighted by Gasteiger charge is -2.21. The summed E-state index contributed by atoms with van der Waals surface area (Å²) < 4.78 is 5.74. The van der Waals surface area contributed by atoms with Crippen LogP contribution >= 0.6 is 11.6 Å². The normalized spacial score (nSPS) is 11.6. The van der Waals surface area contributed by atoms with Crippen molar-refractivity contribution in [1.82, 2.24) is 5.32 Å². The molecule has 128 valence electrons. The average Bonchev–Trinajstić information content (AvgIpc) is 2.61. The Morgan fingerprint density at radius 2 is 1.83 bits per heavy atom. The number of anilines is 1. The van der Waals surface area contributed by atoms with Crippen molar-refractivity contribution in [3.8, 4) is 5.75 Å². The van der Waals surface area contributed by atoms with E-state index in [1.165, 1.54) is 0 Å². The van der Waals surface area contributed by atoms with E-state index in [-0.39, 0.29) is 5.91 Å². The van der Waals surface area contributed by atoms with E-state index in [0.29, 0.717) is 23.7 Å². The van der Waals surface area contributed by atoms with Crippen LogP contribution in [0.4, 0.5) is 5.69 Å². The molecule has 5 heteroatoms. The number of nitrogens with one attached hydrogen (secondary N) is 1. The van der Waals surface area contributed by atoms with Crippen LogP contribution in [0.3, 0.4) is 0 Å². The van der Waals surface area contributed by atoms with Gasteiger partial charge in [-0.3, -0.25) is 4.79 Å². The number of hydrogen-bond donors (Lipinski definition) is 1. The fourth-order valence-corrected chi connectivity index (χ4v) is 2.40. The molecule has 1 amide bonds. The fourth-order valence-electron chi connectivity index (χ4n) is 2.27. The van der Waals surface area contributed by atoms with Gasteiger partial charge in [-0.1, -0.05) is 36.7 Å². The molecule has 2 aromatic rings.